The van der Waals surface area contributed by atoms with Crippen molar-refractivity contribution < 1.29 is 9.53 Å². The van der Waals surface area contributed by atoms with E-state index in [9.17, 15) is 4.79 Å². The minimum Gasteiger partial charge on any atom is -0.444 e. The number of aromatic nitrogens is 4. The highest BCUT2D eigenvalue weighted by Crippen LogP contribution is 2.22. The number of carbonyl (C=O) groups is 1. The summed E-state index contributed by atoms with van der Waals surface area (Å²) in [6, 6.07) is 0.230. The van der Waals surface area contributed by atoms with E-state index in [0.29, 0.717) is 25.0 Å². The molecule has 2 aromatic heterocycles. The number of nitrogens with zero attached hydrogens (tertiary/aromatic N) is 5. The lowest BCUT2D eigenvalue weighted by Gasteiger charge is -2.33. The third kappa shape index (κ3) is 4.48. The number of ether oxygens (including phenoxy) is 1. The van der Waals surface area contributed by atoms with Crippen LogP contribution in [0.5, 0.6) is 0 Å². The van der Waals surface area contributed by atoms with Gasteiger partial charge in [-0.05, 0) is 46.5 Å². The fraction of sp³-hybridized carbons (Fsp3) is 0.684. The van der Waals surface area contributed by atoms with Crippen LogP contribution in [-0.4, -0.2) is 55.3 Å². The third-order valence-corrected chi connectivity index (χ3v) is 4.61. The number of piperidine rings is 1. The minimum atomic E-state index is -0.468. The van der Waals surface area contributed by atoms with Crippen LogP contribution in [0.15, 0.2) is 6.20 Å². The lowest BCUT2D eigenvalue weighted by atomic mass is 10.1. The number of rotatable bonds is 3. The summed E-state index contributed by atoms with van der Waals surface area (Å²) in [6.07, 6.45) is 3.30. The number of fused-ring (bicyclic) bond motifs is 1. The summed E-state index contributed by atoms with van der Waals surface area (Å²) in [5.41, 5.74) is 1.50. The van der Waals surface area contributed by atoms with Gasteiger partial charge in [0.15, 0.2) is 5.65 Å². The Balaban J connectivity index is 1.68. The molecule has 0 bridgehead atoms. The molecule has 1 N–H and O–H groups in total. The summed E-state index contributed by atoms with van der Waals surface area (Å²) in [5, 5.41) is 7.97. The first-order chi connectivity index (χ1) is 12.6. The summed E-state index contributed by atoms with van der Waals surface area (Å²) in [5.74, 6) is 1.78. The molecular weight excluding hydrogens is 344 g/mol. The number of carbonyl (C=O) groups excluding carboxylic acids is 1. The van der Waals surface area contributed by atoms with E-state index in [0.717, 1.165) is 29.9 Å². The van der Waals surface area contributed by atoms with Crippen molar-refractivity contribution in [3.8, 4) is 0 Å². The van der Waals surface area contributed by atoms with Crippen molar-refractivity contribution in [3.63, 3.8) is 0 Å². The normalized spacial score (nSPS) is 16.2. The molecule has 0 aromatic carbocycles. The molecule has 8 nitrogen and oxygen atoms in total. The highest BCUT2D eigenvalue weighted by atomic mass is 16.6. The Kier molecular flexibility index (Phi) is 5.26. The number of aryl methyl sites for hydroxylation is 1. The first kappa shape index (κ1) is 19.4. The molecule has 8 heteroatoms. The van der Waals surface area contributed by atoms with Gasteiger partial charge in [0.25, 0.3) is 0 Å². The van der Waals surface area contributed by atoms with Crippen molar-refractivity contribution in [2.75, 3.05) is 18.4 Å². The fourth-order valence-corrected chi connectivity index (χ4v) is 3.22. The molecule has 3 rings (SSSR count). The predicted octanol–water partition coefficient (Wildman–Crippen LogP) is 3.37. The van der Waals surface area contributed by atoms with Gasteiger partial charge in [-0.25, -0.2) is 9.78 Å². The van der Waals surface area contributed by atoms with E-state index in [-0.39, 0.29) is 12.1 Å². The maximum atomic E-state index is 12.2. The Hall–Kier alpha value is -2.38. The van der Waals surface area contributed by atoms with Crippen LogP contribution in [0.4, 0.5) is 10.7 Å². The molecule has 1 aliphatic rings. The molecule has 0 saturated carbocycles. The van der Waals surface area contributed by atoms with E-state index in [2.05, 4.69) is 34.2 Å². The maximum absolute atomic E-state index is 12.2. The standard InChI is InChI=1S/C19H30N6O2/c1-12(2)15-11-20-25-16(15)21-13(3)22-17(25)23-14-7-9-24(10-8-14)18(26)27-19(4,5)6/h11-12,14H,7-10H2,1-6H3,(H,21,22,23). The lowest BCUT2D eigenvalue weighted by molar-refractivity contribution is 0.0210. The monoisotopic (exact) mass is 374 g/mol. The van der Waals surface area contributed by atoms with Crippen LogP contribution in [0.25, 0.3) is 5.65 Å². The van der Waals surface area contributed by atoms with Crippen LogP contribution in [-0.2, 0) is 4.74 Å². The van der Waals surface area contributed by atoms with Crippen LogP contribution >= 0.6 is 0 Å². The second-order valence-electron chi connectivity index (χ2n) is 8.47. The average Bonchev–Trinajstić information content (AvgIpc) is 2.98. The average molecular weight is 374 g/mol. The van der Waals surface area contributed by atoms with Gasteiger partial charge in [0.1, 0.15) is 11.4 Å². The molecular formula is C19H30N6O2. The Labute approximate surface area is 160 Å². The Morgan fingerprint density at radius 2 is 1.93 bits per heavy atom. The largest absolute Gasteiger partial charge is 0.444 e. The van der Waals surface area contributed by atoms with Crippen molar-refractivity contribution in [1.82, 2.24) is 24.5 Å². The zero-order valence-electron chi connectivity index (χ0n) is 17.1. The molecule has 2 aromatic rings. The number of hydrogen-bond donors (Lipinski definition) is 1. The van der Waals surface area contributed by atoms with Gasteiger partial charge >= 0.3 is 6.09 Å². The minimum absolute atomic E-state index is 0.230. The Morgan fingerprint density at radius 3 is 2.52 bits per heavy atom. The number of anilines is 1. The van der Waals surface area contributed by atoms with Crippen molar-refractivity contribution in [3.05, 3.63) is 17.6 Å². The van der Waals surface area contributed by atoms with Crippen LogP contribution in [0.3, 0.4) is 0 Å². The fourth-order valence-electron chi connectivity index (χ4n) is 3.22. The molecule has 1 fully saturated rings. The molecule has 27 heavy (non-hydrogen) atoms. The van der Waals surface area contributed by atoms with Gasteiger partial charge < -0.3 is 15.0 Å². The SMILES string of the molecule is Cc1nc(NC2CCN(C(=O)OC(C)(C)C)CC2)n2ncc(C(C)C)c2n1. The van der Waals surface area contributed by atoms with Crippen molar-refractivity contribution >= 4 is 17.7 Å². The van der Waals surface area contributed by atoms with Crippen LogP contribution in [0.1, 0.15) is 64.8 Å². The van der Waals surface area contributed by atoms with Crippen molar-refractivity contribution in [1.29, 1.82) is 0 Å². The first-order valence-corrected chi connectivity index (χ1v) is 9.61. The molecule has 0 radical (unpaired) electrons. The van der Waals surface area contributed by atoms with E-state index in [1.165, 1.54) is 0 Å². The van der Waals surface area contributed by atoms with E-state index in [4.69, 9.17) is 4.74 Å². The summed E-state index contributed by atoms with van der Waals surface area (Å²) in [6.45, 7) is 13.1. The molecule has 1 saturated heterocycles. The zero-order chi connectivity index (χ0) is 19.8. The van der Waals surface area contributed by atoms with Gasteiger partial charge in [-0.2, -0.15) is 14.6 Å². The molecule has 1 amide bonds. The third-order valence-electron chi connectivity index (χ3n) is 4.61. The topological polar surface area (TPSA) is 84.7 Å². The van der Waals surface area contributed by atoms with Crippen LogP contribution in [0.2, 0.25) is 0 Å². The summed E-state index contributed by atoms with van der Waals surface area (Å²) >= 11 is 0. The summed E-state index contributed by atoms with van der Waals surface area (Å²) in [4.78, 5) is 23.1. The number of nitrogens with one attached hydrogen (secondary N) is 1. The van der Waals surface area contributed by atoms with Crippen molar-refractivity contribution in [2.45, 2.75) is 71.9 Å². The van der Waals surface area contributed by atoms with Gasteiger partial charge in [0.05, 0.1) is 6.20 Å². The molecule has 0 spiro atoms. The molecule has 0 atom stereocenters. The van der Waals surface area contributed by atoms with Crippen molar-refractivity contribution in [2.24, 2.45) is 0 Å². The quantitative estimate of drug-likeness (QED) is 0.887. The highest BCUT2D eigenvalue weighted by molar-refractivity contribution is 5.68. The molecule has 0 unspecified atom stereocenters. The summed E-state index contributed by atoms with van der Waals surface area (Å²) < 4.78 is 7.24. The molecule has 0 aliphatic carbocycles. The Bertz CT molecular complexity index is 815. The lowest BCUT2D eigenvalue weighted by Crippen LogP contribution is -2.44. The Morgan fingerprint density at radius 1 is 1.26 bits per heavy atom. The number of hydrogen-bond acceptors (Lipinski definition) is 6. The first-order valence-electron chi connectivity index (χ1n) is 9.61. The number of likely N-dealkylation sites (tertiary alicyclic amines) is 1. The molecule has 148 valence electrons. The second kappa shape index (κ2) is 7.32. The zero-order valence-corrected chi connectivity index (χ0v) is 17.1. The predicted molar refractivity (Wildman–Crippen MR) is 104 cm³/mol. The smallest absolute Gasteiger partial charge is 0.410 e. The summed E-state index contributed by atoms with van der Waals surface area (Å²) in [7, 11) is 0. The van der Waals surface area contributed by atoms with E-state index < -0.39 is 5.60 Å². The van der Waals surface area contributed by atoms with E-state index in [1.807, 2.05) is 33.9 Å². The van der Waals surface area contributed by atoms with Gasteiger partial charge in [0, 0.05) is 24.7 Å². The molecule has 1 aliphatic heterocycles. The highest BCUT2D eigenvalue weighted by Gasteiger charge is 2.27. The van der Waals surface area contributed by atoms with Gasteiger partial charge in [-0.3, -0.25) is 0 Å². The van der Waals surface area contributed by atoms with Crippen LogP contribution < -0.4 is 5.32 Å². The maximum Gasteiger partial charge on any atom is 0.410 e. The van der Waals surface area contributed by atoms with E-state index in [1.54, 1.807) is 9.42 Å². The van der Waals surface area contributed by atoms with Gasteiger partial charge in [-0.1, -0.05) is 13.8 Å². The second-order valence-corrected chi connectivity index (χ2v) is 8.47. The van der Waals surface area contributed by atoms with Gasteiger partial charge in [0.2, 0.25) is 5.95 Å². The number of amides is 1. The van der Waals surface area contributed by atoms with E-state index >= 15 is 0 Å². The molecule has 3 heterocycles. The van der Waals surface area contributed by atoms with Crippen LogP contribution in [0, 0.1) is 6.92 Å². The van der Waals surface area contributed by atoms with Gasteiger partial charge in [-0.15, -0.1) is 0 Å².